The second kappa shape index (κ2) is 15.3. The number of phosphoric acid groups is 2. The van der Waals surface area contributed by atoms with Crippen molar-refractivity contribution in [1.29, 1.82) is 0 Å². The number of hydrogen-bond donors (Lipinski definition) is 8. The molecule has 296 valence electrons. The third-order valence-electron chi connectivity index (χ3n) is 8.90. The van der Waals surface area contributed by atoms with Crippen LogP contribution in [0.3, 0.4) is 0 Å². The zero-order valence-corrected chi connectivity index (χ0v) is 30.6. The molecule has 1 aromatic carbocycles. The lowest BCUT2D eigenvalue weighted by molar-refractivity contribution is -0.0582. The fourth-order valence-corrected chi connectivity index (χ4v) is 7.55. The number of aryl methyl sites for hydroxylation is 1. The van der Waals surface area contributed by atoms with Gasteiger partial charge in [0.25, 0.3) is 5.56 Å². The van der Waals surface area contributed by atoms with Crippen molar-refractivity contribution < 1.29 is 61.8 Å². The van der Waals surface area contributed by atoms with Crippen LogP contribution in [0.25, 0.3) is 22.3 Å². The van der Waals surface area contributed by atoms with Crippen LogP contribution in [-0.4, -0.2) is 121 Å². The van der Waals surface area contributed by atoms with Crippen molar-refractivity contribution in [2.75, 3.05) is 31.4 Å². The van der Waals surface area contributed by atoms with Crippen molar-refractivity contribution in [2.45, 2.75) is 62.5 Å². The number of rotatable bonds is 14. The van der Waals surface area contributed by atoms with Crippen molar-refractivity contribution in [3.05, 3.63) is 64.7 Å². The highest BCUT2D eigenvalue weighted by atomic mass is 31.2. The number of aromatic nitrogens is 8. The molecule has 0 amide bonds. The summed E-state index contributed by atoms with van der Waals surface area (Å²) in [5.41, 5.74) is 7.47. The lowest BCUT2D eigenvalue weighted by Crippen LogP contribution is -2.38. The van der Waals surface area contributed by atoms with E-state index < -0.39 is 83.5 Å². The van der Waals surface area contributed by atoms with Gasteiger partial charge in [-0.05, 0) is 12.5 Å². The van der Waals surface area contributed by atoms with Crippen molar-refractivity contribution in [2.24, 2.45) is 0 Å². The molecular weight excluding hydrogens is 774 g/mol. The van der Waals surface area contributed by atoms with Crippen LogP contribution in [0.5, 0.6) is 0 Å². The van der Waals surface area contributed by atoms with Crippen LogP contribution >= 0.6 is 15.6 Å². The molecule has 0 bridgehead atoms. The van der Waals surface area contributed by atoms with Crippen LogP contribution in [0.15, 0.2) is 48.0 Å². The summed E-state index contributed by atoms with van der Waals surface area (Å²) in [6, 6.07) is 7.87. The lowest BCUT2D eigenvalue weighted by atomic mass is 10.1. The molecule has 0 saturated carbocycles. The molecule has 26 heteroatoms. The van der Waals surface area contributed by atoms with Gasteiger partial charge < -0.3 is 50.2 Å². The molecule has 9 atom stereocenters. The Balaban J connectivity index is 1.08. The number of aliphatic hydroxyl groups is 2. The number of hydrogen-bond acceptors (Lipinski definition) is 18. The summed E-state index contributed by atoms with van der Waals surface area (Å²) in [7, 11) is -8.98. The normalized spacial score (nSPS) is 26.9. The minimum atomic E-state index is -5.16. The average molecular weight is 811 g/mol. The second-order valence-corrected chi connectivity index (χ2v) is 15.2. The number of aliphatic hydroxyl groups excluding tert-OH is 2. The van der Waals surface area contributed by atoms with Crippen LogP contribution in [0.4, 0.5) is 11.8 Å². The summed E-state index contributed by atoms with van der Waals surface area (Å²) in [5.74, 6) is 0.144. The van der Waals surface area contributed by atoms with E-state index >= 15 is 0 Å². The topological polar surface area (TPSA) is 336 Å². The monoisotopic (exact) mass is 810 g/mol. The molecule has 9 N–H and O–H groups in total. The minimum Gasteiger partial charge on any atom is -0.387 e. The van der Waals surface area contributed by atoms with Gasteiger partial charge in [0, 0.05) is 13.7 Å². The van der Waals surface area contributed by atoms with Crippen LogP contribution in [0.2, 0.25) is 0 Å². The molecule has 4 aromatic heterocycles. The fraction of sp³-hybridized carbons (Fsp3) is 0.448. The Morgan fingerprint density at radius 2 is 1.56 bits per heavy atom. The van der Waals surface area contributed by atoms with Gasteiger partial charge in [0.2, 0.25) is 5.95 Å². The molecule has 2 fully saturated rings. The van der Waals surface area contributed by atoms with Crippen molar-refractivity contribution in [1.82, 2.24) is 39.0 Å². The van der Waals surface area contributed by atoms with E-state index in [1.54, 1.807) is 0 Å². The Morgan fingerprint density at radius 3 is 2.27 bits per heavy atom. The number of nitrogens with one attached hydrogen (secondary N) is 2. The Morgan fingerprint density at radius 1 is 0.891 bits per heavy atom. The summed E-state index contributed by atoms with van der Waals surface area (Å²) < 4.78 is 60.4. The van der Waals surface area contributed by atoms with Crippen LogP contribution in [-0.2, 0) is 43.5 Å². The van der Waals surface area contributed by atoms with Crippen molar-refractivity contribution in [3.63, 3.8) is 0 Å². The molecule has 0 radical (unpaired) electrons. The molecule has 0 spiro atoms. The Kier molecular flexibility index (Phi) is 10.9. The van der Waals surface area contributed by atoms with E-state index in [1.165, 1.54) is 24.3 Å². The molecular formula is C29H36N10O14P2. The quantitative estimate of drug-likeness (QED) is 0.0662. The number of nitrogens with two attached hydrogens (primary N) is 1. The van der Waals surface area contributed by atoms with Crippen molar-refractivity contribution in [3.8, 4) is 0 Å². The first kappa shape index (κ1) is 39.0. The average Bonchev–Trinajstić information content (AvgIpc) is 3.90. The van der Waals surface area contributed by atoms with E-state index in [4.69, 9.17) is 29.0 Å². The van der Waals surface area contributed by atoms with Gasteiger partial charge in [-0.2, -0.15) is 4.98 Å². The highest BCUT2D eigenvalue weighted by molar-refractivity contribution is 7.47. The minimum absolute atomic E-state index is 0.0629. The van der Waals surface area contributed by atoms with Gasteiger partial charge in [-0.1, -0.05) is 29.8 Å². The number of benzene rings is 1. The molecule has 5 aromatic rings. The number of fused-ring (bicyclic) bond motifs is 2. The second-order valence-electron chi connectivity index (χ2n) is 12.6. The predicted octanol–water partition coefficient (Wildman–Crippen LogP) is -0.395. The molecule has 0 aliphatic carbocycles. The number of nitrogens with zero attached hydrogens (tertiary/aromatic N) is 7. The van der Waals surface area contributed by atoms with Gasteiger partial charge in [-0.15, -0.1) is 0 Å². The van der Waals surface area contributed by atoms with Gasteiger partial charge in [-0.3, -0.25) is 32.5 Å². The Hall–Kier alpha value is -4.26. The highest BCUT2D eigenvalue weighted by Gasteiger charge is 2.52. The number of H-pyrrole nitrogens is 1. The maximum absolute atomic E-state index is 13.4. The summed E-state index contributed by atoms with van der Waals surface area (Å²) in [5, 5.41) is 24.7. The fourth-order valence-electron chi connectivity index (χ4n) is 6.25. The standard InChI is InChI=1S/C29H36N10O14P2/c1-13-3-5-14(6-4-13)7-31-23-17-24(33-10-32-23)38(11-34-17)28-22(48-2)21(16(52-28)9-49-54(43,44)45)53-55(46,47)50-8-15-19(40)20(41)27(51-15)39-12-35-18-25(39)36-29(30)37-26(18)42/h3-6,10-12,15-16,19-22,27-28,40-41H,7-9H2,1-2H3,(H,46,47)(H,31,32,33)(H2,43,44,45)(H3,30,36,37,42). The third-order valence-corrected chi connectivity index (χ3v) is 10.4. The highest BCUT2D eigenvalue weighted by Crippen LogP contribution is 2.50. The number of ether oxygens (including phenoxy) is 3. The Bertz CT molecular complexity index is 2320. The van der Waals surface area contributed by atoms with Crippen LogP contribution < -0.4 is 16.6 Å². The molecule has 55 heavy (non-hydrogen) atoms. The summed E-state index contributed by atoms with van der Waals surface area (Å²) in [6.07, 6.45) is -7.82. The molecule has 9 unspecified atom stereocenters. The number of methoxy groups -OCH3 is 1. The molecule has 6 heterocycles. The molecule has 24 nitrogen and oxygen atoms in total. The molecule has 2 aliphatic heterocycles. The van der Waals surface area contributed by atoms with Crippen LogP contribution in [0.1, 0.15) is 23.6 Å². The predicted molar refractivity (Wildman–Crippen MR) is 186 cm³/mol. The summed E-state index contributed by atoms with van der Waals surface area (Å²) >= 11 is 0. The molecule has 2 saturated heterocycles. The van der Waals surface area contributed by atoms with Gasteiger partial charge >= 0.3 is 15.6 Å². The van der Waals surface area contributed by atoms with E-state index in [1.807, 2.05) is 31.2 Å². The largest absolute Gasteiger partial charge is 0.472 e. The summed E-state index contributed by atoms with van der Waals surface area (Å²) in [4.78, 5) is 65.2. The Labute approximate surface area is 309 Å². The number of imidazole rings is 2. The smallest absolute Gasteiger partial charge is 0.387 e. The van der Waals surface area contributed by atoms with E-state index in [0.29, 0.717) is 17.9 Å². The SMILES string of the molecule is COC1C(OP(=O)(O)OCC2OC(n3cnc4c(=O)[nH]c(N)nc43)C(O)C2O)C(COP(=O)(O)O)OC1n1cnc2c(NCc3ccc(C)cc3)ncnc21. The number of aromatic amines is 1. The molecule has 7 rings (SSSR count). The van der Waals surface area contributed by atoms with E-state index in [0.717, 1.165) is 22.0 Å². The first-order chi connectivity index (χ1) is 26.1. The first-order valence-electron chi connectivity index (χ1n) is 16.4. The molecule has 2 aliphatic rings. The lowest BCUT2D eigenvalue weighted by Gasteiger charge is -2.26. The zero-order chi connectivity index (χ0) is 39.2. The third kappa shape index (κ3) is 8.18. The number of nitrogen functional groups attached to an aromatic ring is 1. The van der Waals surface area contributed by atoms with Crippen molar-refractivity contribution >= 4 is 49.7 Å². The van der Waals surface area contributed by atoms with Gasteiger partial charge in [-0.25, -0.2) is 29.1 Å². The van der Waals surface area contributed by atoms with E-state index in [9.17, 15) is 38.8 Å². The number of phosphoric ester groups is 2. The first-order valence-corrected chi connectivity index (χ1v) is 19.4. The van der Waals surface area contributed by atoms with E-state index in [2.05, 4.69) is 39.7 Å². The zero-order valence-electron chi connectivity index (χ0n) is 28.8. The van der Waals surface area contributed by atoms with Gasteiger partial charge in [0.05, 0.1) is 25.9 Å². The maximum Gasteiger partial charge on any atom is 0.472 e. The van der Waals surface area contributed by atoms with Gasteiger partial charge in [0.15, 0.2) is 40.6 Å². The van der Waals surface area contributed by atoms with Crippen LogP contribution in [0, 0.1) is 6.92 Å². The van der Waals surface area contributed by atoms with E-state index in [-0.39, 0.29) is 22.8 Å². The maximum atomic E-state index is 13.4. The summed E-state index contributed by atoms with van der Waals surface area (Å²) in [6.45, 7) is 0.755. The number of anilines is 2. The van der Waals surface area contributed by atoms with Gasteiger partial charge in [0.1, 0.15) is 43.0 Å².